The summed E-state index contributed by atoms with van der Waals surface area (Å²) in [4.78, 5) is 19.6. The van der Waals surface area contributed by atoms with Crippen LogP contribution < -0.4 is 9.64 Å². The van der Waals surface area contributed by atoms with E-state index in [-0.39, 0.29) is 17.7 Å². The number of carbonyl (C=O) groups excluding carboxylic acids is 1. The Morgan fingerprint density at radius 3 is 2.66 bits per heavy atom. The molecule has 7 heteroatoms. The molecule has 1 saturated heterocycles. The monoisotopic (exact) mass is 429 g/mol. The normalized spacial score (nSPS) is 23.0. The number of hydrogen-bond acceptors (Lipinski definition) is 3. The summed E-state index contributed by atoms with van der Waals surface area (Å²) in [5, 5.41) is 0. The number of carbonyl (C=O) groups is 1. The third-order valence-corrected chi connectivity index (χ3v) is 6.83. The van der Waals surface area contributed by atoms with E-state index in [2.05, 4.69) is 10.6 Å². The quantitative estimate of drug-likeness (QED) is 0.549. The van der Waals surface area contributed by atoms with Crippen LogP contribution in [0.1, 0.15) is 24.6 Å². The Hall–Kier alpha value is -2.24. The lowest BCUT2D eigenvalue weighted by Gasteiger charge is -2.20. The standard InChI is InChI=1S/C22H21Cl2N3O2/c1-29-19-9-5-4-8-18(19)26-12-14(10-20(26)28)21-25-16-6-2-3-7-17(16)27(21)13-15-11-22(15,23)24/h2-9,14-15H,10-13H2,1H3/t14-,15-/m0/s1. The van der Waals surface area contributed by atoms with Crippen LogP contribution in [0, 0.1) is 5.92 Å². The molecule has 0 radical (unpaired) electrons. The SMILES string of the molecule is COc1ccccc1N1C[C@@H](c2nc3ccccc3n2C[C@@H]2CC2(Cl)Cl)CC1=O. The molecule has 0 unspecified atom stereocenters. The van der Waals surface area contributed by atoms with Crippen LogP contribution in [-0.4, -0.2) is 33.4 Å². The third-order valence-electron chi connectivity index (χ3n) is 5.91. The van der Waals surface area contributed by atoms with Crippen LogP contribution in [0.25, 0.3) is 11.0 Å². The maximum Gasteiger partial charge on any atom is 0.227 e. The zero-order chi connectivity index (χ0) is 20.2. The minimum absolute atomic E-state index is 0.00128. The van der Waals surface area contributed by atoms with Crippen molar-refractivity contribution in [3.63, 3.8) is 0 Å². The van der Waals surface area contributed by atoms with E-state index in [1.54, 1.807) is 12.0 Å². The first-order valence-electron chi connectivity index (χ1n) is 9.74. The number of anilines is 1. The number of alkyl halides is 2. The fourth-order valence-electron chi connectivity index (χ4n) is 4.25. The summed E-state index contributed by atoms with van der Waals surface area (Å²) in [6.45, 7) is 1.28. The van der Waals surface area contributed by atoms with E-state index in [0.717, 1.165) is 29.0 Å². The van der Waals surface area contributed by atoms with E-state index in [4.69, 9.17) is 32.9 Å². The van der Waals surface area contributed by atoms with Gasteiger partial charge in [-0.2, -0.15) is 0 Å². The number of ether oxygens (including phenoxy) is 1. The van der Waals surface area contributed by atoms with Gasteiger partial charge >= 0.3 is 0 Å². The van der Waals surface area contributed by atoms with Crippen LogP contribution in [0.2, 0.25) is 0 Å². The Bertz CT molecular complexity index is 1090. The predicted octanol–water partition coefficient (Wildman–Crippen LogP) is 4.76. The summed E-state index contributed by atoms with van der Waals surface area (Å²) in [5.74, 6) is 1.90. The number of amides is 1. The molecule has 1 aliphatic carbocycles. The fourth-order valence-corrected chi connectivity index (χ4v) is 4.76. The van der Waals surface area contributed by atoms with Crippen molar-refractivity contribution < 1.29 is 9.53 Å². The summed E-state index contributed by atoms with van der Waals surface area (Å²) >= 11 is 12.6. The maximum atomic E-state index is 12.9. The average Bonchev–Trinajstić information content (AvgIpc) is 3.04. The molecule has 3 aromatic rings. The van der Waals surface area contributed by atoms with Crippen molar-refractivity contribution in [1.29, 1.82) is 0 Å². The van der Waals surface area contributed by atoms with E-state index >= 15 is 0 Å². The summed E-state index contributed by atoms with van der Waals surface area (Å²) in [6.07, 6.45) is 1.19. The molecule has 5 nitrogen and oxygen atoms in total. The molecule has 0 bridgehead atoms. The fraction of sp³-hybridized carbons (Fsp3) is 0.364. The van der Waals surface area contributed by atoms with Gasteiger partial charge in [0.25, 0.3) is 0 Å². The number of benzene rings is 2. The molecule has 2 atom stereocenters. The van der Waals surface area contributed by atoms with Gasteiger partial charge in [0.1, 0.15) is 15.9 Å². The van der Waals surface area contributed by atoms with Gasteiger partial charge in [-0.15, -0.1) is 23.2 Å². The summed E-state index contributed by atoms with van der Waals surface area (Å²) in [7, 11) is 1.62. The van der Waals surface area contributed by atoms with Gasteiger partial charge < -0.3 is 14.2 Å². The molecular weight excluding hydrogens is 409 g/mol. The lowest BCUT2D eigenvalue weighted by molar-refractivity contribution is -0.117. The molecular formula is C22H21Cl2N3O2. The summed E-state index contributed by atoms with van der Waals surface area (Å²) in [5.41, 5.74) is 2.79. The number of aromatic nitrogens is 2. The smallest absolute Gasteiger partial charge is 0.227 e. The second-order valence-electron chi connectivity index (χ2n) is 7.81. The van der Waals surface area contributed by atoms with Gasteiger partial charge in [-0.05, 0) is 30.7 Å². The number of halogens is 2. The first kappa shape index (κ1) is 18.8. The Morgan fingerprint density at radius 2 is 1.90 bits per heavy atom. The molecule has 2 aromatic carbocycles. The van der Waals surface area contributed by atoms with Crippen LogP contribution >= 0.6 is 23.2 Å². The van der Waals surface area contributed by atoms with E-state index in [0.29, 0.717) is 25.3 Å². The topological polar surface area (TPSA) is 47.4 Å². The van der Waals surface area contributed by atoms with Crippen molar-refractivity contribution in [2.45, 2.75) is 29.6 Å². The van der Waals surface area contributed by atoms with Crippen LogP contribution in [-0.2, 0) is 11.3 Å². The number of para-hydroxylation sites is 4. The van der Waals surface area contributed by atoms with Crippen molar-refractivity contribution in [2.24, 2.45) is 5.92 Å². The summed E-state index contributed by atoms with van der Waals surface area (Å²) in [6, 6.07) is 15.7. The van der Waals surface area contributed by atoms with Crippen molar-refractivity contribution in [3.8, 4) is 5.75 Å². The molecule has 1 saturated carbocycles. The van der Waals surface area contributed by atoms with E-state index in [1.807, 2.05) is 42.5 Å². The van der Waals surface area contributed by atoms with Gasteiger partial charge in [-0.3, -0.25) is 4.79 Å². The Morgan fingerprint density at radius 1 is 1.17 bits per heavy atom. The van der Waals surface area contributed by atoms with Crippen LogP contribution in [0.4, 0.5) is 5.69 Å². The van der Waals surface area contributed by atoms with Crippen molar-refractivity contribution in [3.05, 3.63) is 54.4 Å². The lowest BCUT2D eigenvalue weighted by atomic mass is 10.1. The van der Waals surface area contributed by atoms with Crippen LogP contribution in [0.5, 0.6) is 5.75 Å². The highest BCUT2D eigenvalue weighted by Crippen LogP contribution is 2.54. The highest BCUT2D eigenvalue weighted by Gasteiger charge is 2.52. The average molecular weight is 430 g/mol. The molecule has 2 aliphatic rings. The first-order chi connectivity index (χ1) is 14.0. The van der Waals surface area contributed by atoms with E-state index in [9.17, 15) is 4.79 Å². The molecule has 0 spiro atoms. The zero-order valence-corrected chi connectivity index (χ0v) is 17.5. The number of methoxy groups -OCH3 is 1. The molecule has 0 N–H and O–H groups in total. The Labute approximate surface area is 179 Å². The number of hydrogen-bond donors (Lipinski definition) is 0. The van der Waals surface area contributed by atoms with E-state index < -0.39 is 4.33 Å². The van der Waals surface area contributed by atoms with E-state index in [1.165, 1.54) is 0 Å². The van der Waals surface area contributed by atoms with Gasteiger partial charge in [-0.25, -0.2) is 4.98 Å². The van der Waals surface area contributed by atoms with Gasteiger partial charge in [0, 0.05) is 31.3 Å². The largest absolute Gasteiger partial charge is 0.495 e. The summed E-state index contributed by atoms with van der Waals surface area (Å²) < 4.78 is 7.01. The first-order valence-corrected chi connectivity index (χ1v) is 10.5. The van der Waals surface area contributed by atoms with Crippen molar-refractivity contribution in [2.75, 3.05) is 18.6 Å². The molecule has 2 fully saturated rings. The number of nitrogens with zero attached hydrogens (tertiary/aromatic N) is 3. The number of rotatable bonds is 5. The molecule has 29 heavy (non-hydrogen) atoms. The maximum absolute atomic E-state index is 12.9. The van der Waals surface area contributed by atoms with Crippen LogP contribution in [0.15, 0.2) is 48.5 Å². The van der Waals surface area contributed by atoms with Gasteiger partial charge in [0.15, 0.2) is 0 Å². The number of imidazole rings is 1. The van der Waals surface area contributed by atoms with Crippen LogP contribution in [0.3, 0.4) is 0 Å². The Balaban J connectivity index is 1.50. The second-order valence-corrected chi connectivity index (χ2v) is 9.35. The minimum Gasteiger partial charge on any atom is -0.495 e. The Kier molecular flexibility index (Phi) is 4.48. The second kappa shape index (κ2) is 6.92. The molecule has 2 heterocycles. The molecule has 5 rings (SSSR count). The van der Waals surface area contributed by atoms with Gasteiger partial charge in [0.2, 0.25) is 5.91 Å². The molecule has 1 amide bonds. The molecule has 1 aliphatic heterocycles. The van der Waals surface area contributed by atoms with Crippen molar-refractivity contribution in [1.82, 2.24) is 9.55 Å². The zero-order valence-electron chi connectivity index (χ0n) is 16.0. The highest BCUT2D eigenvalue weighted by atomic mass is 35.5. The number of fused-ring (bicyclic) bond motifs is 1. The molecule has 150 valence electrons. The van der Waals surface area contributed by atoms with Gasteiger partial charge in [0.05, 0.1) is 23.8 Å². The highest BCUT2D eigenvalue weighted by molar-refractivity contribution is 6.50. The lowest BCUT2D eigenvalue weighted by Crippen LogP contribution is -2.25. The molecule has 1 aromatic heterocycles. The minimum atomic E-state index is -0.655. The predicted molar refractivity (Wildman–Crippen MR) is 115 cm³/mol. The third kappa shape index (κ3) is 3.26. The van der Waals surface area contributed by atoms with Crippen molar-refractivity contribution >= 4 is 45.8 Å². The van der Waals surface area contributed by atoms with Gasteiger partial charge in [-0.1, -0.05) is 24.3 Å².